The Bertz CT molecular complexity index is 979. The fraction of sp³-hybridized carbons (Fsp3) is 0.435. The molecule has 0 aromatic heterocycles. The average Bonchev–Trinajstić information content (AvgIpc) is 2.74. The first-order valence-electron chi connectivity index (χ1n) is 10.6. The normalized spacial score (nSPS) is 15.1. The number of anilines is 2. The summed E-state index contributed by atoms with van der Waals surface area (Å²) in [6, 6.07) is 6.33. The molecule has 1 heterocycles. The predicted molar refractivity (Wildman–Crippen MR) is 128 cm³/mol. The van der Waals surface area contributed by atoms with Gasteiger partial charge in [-0.1, -0.05) is 26.7 Å². The van der Waals surface area contributed by atoms with Gasteiger partial charge in [0.25, 0.3) is 5.91 Å². The van der Waals surface area contributed by atoms with Gasteiger partial charge in [-0.3, -0.25) is 4.79 Å². The third kappa shape index (κ3) is 5.55. The summed E-state index contributed by atoms with van der Waals surface area (Å²) in [4.78, 5) is 14.4. The lowest BCUT2D eigenvalue weighted by Gasteiger charge is -2.43. The number of nitrogens with zero attached hydrogens (tertiary/aromatic N) is 1. The Morgan fingerprint density at radius 3 is 2.47 bits per heavy atom. The second-order valence-electron chi connectivity index (χ2n) is 8.29. The van der Waals surface area contributed by atoms with E-state index in [9.17, 15) is 18.0 Å². The number of amides is 1. The van der Waals surface area contributed by atoms with Crippen LogP contribution < -0.4 is 10.6 Å². The van der Waals surface area contributed by atoms with Gasteiger partial charge in [0.2, 0.25) is 5.60 Å². The van der Waals surface area contributed by atoms with Gasteiger partial charge in [-0.05, 0) is 65.4 Å². The molecule has 2 aromatic carbocycles. The Balaban J connectivity index is 1.72. The maximum Gasteiger partial charge on any atom is 0.256 e. The van der Waals surface area contributed by atoms with Crippen molar-refractivity contribution in [1.29, 1.82) is 0 Å². The number of carbonyl (C=O) groups excluding carboxylic acids is 1. The lowest BCUT2D eigenvalue weighted by atomic mass is 9.92. The molecule has 2 aromatic rings. The topological polar surface area (TPSA) is 67.3 Å². The van der Waals surface area contributed by atoms with Crippen molar-refractivity contribution < 1.29 is 23.1 Å². The van der Waals surface area contributed by atoms with Crippen LogP contribution in [-0.2, 0) is 0 Å². The molecule has 0 bridgehead atoms. The van der Waals surface area contributed by atoms with Crippen molar-refractivity contribution in [2.24, 2.45) is 5.92 Å². The summed E-state index contributed by atoms with van der Waals surface area (Å²) < 4.78 is 43.4. The van der Waals surface area contributed by atoms with Gasteiger partial charge in [0.1, 0.15) is 5.82 Å². The van der Waals surface area contributed by atoms with Crippen molar-refractivity contribution in [2.75, 3.05) is 31.5 Å². The van der Waals surface area contributed by atoms with E-state index >= 15 is 0 Å². The van der Waals surface area contributed by atoms with Gasteiger partial charge in [-0.15, -0.1) is 0 Å². The maximum absolute atomic E-state index is 14.6. The van der Waals surface area contributed by atoms with Crippen LogP contribution in [0.1, 0.15) is 37.0 Å². The summed E-state index contributed by atoms with van der Waals surface area (Å²) in [7, 11) is 0. The molecular formula is C23H28F3IN3O2+. The zero-order valence-corrected chi connectivity index (χ0v) is 20.2. The molecule has 0 saturated carbocycles. The summed E-state index contributed by atoms with van der Waals surface area (Å²) in [5.74, 6) is -3.01. The van der Waals surface area contributed by atoms with Gasteiger partial charge in [0.05, 0.1) is 36.6 Å². The van der Waals surface area contributed by atoms with Gasteiger partial charge >= 0.3 is 0 Å². The molecule has 4 N–H and O–H groups in total. The Hall–Kier alpha value is -1.85. The summed E-state index contributed by atoms with van der Waals surface area (Å²) >= 11 is 1.94. The van der Waals surface area contributed by atoms with Crippen LogP contribution in [-0.4, -0.2) is 47.7 Å². The van der Waals surface area contributed by atoms with Crippen LogP contribution >= 0.6 is 22.6 Å². The van der Waals surface area contributed by atoms with Crippen molar-refractivity contribution >= 4 is 39.9 Å². The molecule has 0 atom stereocenters. The fourth-order valence-corrected chi connectivity index (χ4v) is 4.23. The number of rotatable bonds is 9. The number of hydrogen-bond donors (Lipinski definition) is 2. The van der Waals surface area contributed by atoms with E-state index < -0.39 is 34.6 Å². The molecule has 174 valence electrons. The molecule has 32 heavy (non-hydrogen) atoms. The molecule has 1 aliphatic rings. The highest BCUT2D eigenvalue weighted by Gasteiger charge is 2.48. The van der Waals surface area contributed by atoms with Crippen LogP contribution in [0.5, 0.6) is 0 Å². The molecule has 0 unspecified atom stereocenters. The van der Waals surface area contributed by atoms with Crippen LogP contribution in [0.4, 0.5) is 24.5 Å². The highest BCUT2D eigenvalue weighted by molar-refractivity contribution is 14.1. The first-order chi connectivity index (χ1) is 15.2. The minimum atomic E-state index is -1.25. The summed E-state index contributed by atoms with van der Waals surface area (Å²) in [6.45, 7) is 5.89. The molecule has 5 nitrogen and oxygen atoms in total. The second kappa shape index (κ2) is 10.4. The maximum atomic E-state index is 14.6. The number of halogens is 4. The van der Waals surface area contributed by atoms with E-state index in [1.165, 1.54) is 23.1 Å². The van der Waals surface area contributed by atoms with E-state index in [2.05, 4.69) is 24.5 Å². The summed E-state index contributed by atoms with van der Waals surface area (Å²) in [6.07, 6.45) is 2.12. The van der Waals surface area contributed by atoms with Gasteiger partial charge < -0.3 is 20.6 Å². The monoisotopic (exact) mass is 562 g/mol. The highest BCUT2D eigenvalue weighted by Crippen LogP contribution is 2.31. The Morgan fingerprint density at radius 1 is 1.16 bits per heavy atom. The van der Waals surface area contributed by atoms with Crippen LogP contribution in [0.15, 0.2) is 30.3 Å². The van der Waals surface area contributed by atoms with E-state index in [1.807, 2.05) is 22.6 Å². The van der Waals surface area contributed by atoms with E-state index in [-0.39, 0.29) is 24.3 Å². The summed E-state index contributed by atoms with van der Waals surface area (Å²) in [5.41, 5.74) is -1.40. The predicted octanol–water partition coefficient (Wildman–Crippen LogP) is 4.40. The number of nitrogens with one attached hydrogen (secondary N) is 2. The highest BCUT2D eigenvalue weighted by atomic mass is 127. The van der Waals surface area contributed by atoms with Gasteiger partial charge in [0, 0.05) is 3.57 Å². The zero-order chi connectivity index (χ0) is 23.5. The number of benzene rings is 2. The van der Waals surface area contributed by atoms with E-state index in [4.69, 9.17) is 5.11 Å². The standard InChI is InChI=1S/C23H27F3IN3O2/c1-3-14(4-2)10-28-11-23(32)12-30(13-23)22(31)16-6-7-17(24)20(26)21(16)29-19-8-5-15(27)9-18(19)25/h5-9,14,28-29,32H,3-4,10-13H2,1-2H3/p+1. The molecule has 3 rings (SSSR count). The molecule has 0 radical (unpaired) electrons. The first-order valence-corrected chi connectivity index (χ1v) is 11.7. The van der Waals surface area contributed by atoms with E-state index in [0.717, 1.165) is 25.5 Å². The number of likely N-dealkylation sites (tertiary alicyclic amines) is 1. The third-order valence-electron chi connectivity index (χ3n) is 5.84. The Labute approximate surface area is 199 Å². The Kier molecular flexibility index (Phi) is 8.05. The van der Waals surface area contributed by atoms with Crippen molar-refractivity contribution in [2.45, 2.75) is 32.3 Å². The molecular weight excluding hydrogens is 534 g/mol. The molecule has 0 spiro atoms. The quantitative estimate of drug-likeness (QED) is 0.352. The lowest BCUT2D eigenvalue weighted by Crippen LogP contribution is -2.67. The molecule has 0 aliphatic carbocycles. The molecule has 1 saturated heterocycles. The van der Waals surface area contributed by atoms with Gasteiger partial charge in [-0.2, -0.15) is 0 Å². The van der Waals surface area contributed by atoms with E-state index in [0.29, 0.717) is 16.0 Å². The fourth-order valence-electron chi connectivity index (χ4n) is 3.78. The molecule has 1 fully saturated rings. The average molecular weight is 562 g/mol. The smallest absolute Gasteiger partial charge is 0.256 e. The zero-order valence-electron chi connectivity index (χ0n) is 18.1. The van der Waals surface area contributed by atoms with Crippen LogP contribution in [0.25, 0.3) is 0 Å². The van der Waals surface area contributed by atoms with Crippen LogP contribution in [0.3, 0.4) is 0 Å². The van der Waals surface area contributed by atoms with Gasteiger partial charge in [-0.25, -0.2) is 13.2 Å². The first kappa shape index (κ1) is 24.8. The molecule has 1 amide bonds. The number of hydrogen-bond acceptors (Lipinski definition) is 3. The molecule has 9 heteroatoms. The minimum absolute atomic E-state index is 0.0620. The van der Waals surface area contributed by atoms with Crippen molar-refractivity contribution in [3.63, 3.8) is 0 Å². The van der Waals surface area contributed by atoms with Crippen LogP contribution in [0, 0.1) is 26.9 Å². The number of carbonyl (C=O) groups is 1. The van der Waals surface area contributed by atoms with Crippen LogP contribution in [0.2, 0.25) is 0 Å². The van der Waals surface area contributed by atoms with Crippen molar-refractivity contribution in [1.82, 2.24) is 10.2 Å². The largest absolute Gasteiger partial charge is 0.437 e. The van der Waals surface area contributed by atoms with Crippen molar-refractivity contribution in [3.05, 3.63) is 56.9 Å². The van der Waals surface area contributed by atoms with Crippen molar-refractivity contribution in [3.8, 4) is 0 Å². The summed E-state index contributed by atoms with van der Waals surface area (Å²) in [5, 5.41) is 14.4. The third-order valence-corrected chi connectivity index (χ3v) is 6.51. The SMILES string of the molecule is CCC(CC)CNCC1([OH2+])CN(C(=O)c2ccc(F)c(F)c2Nc2ccc(I)cc2F)C1. The Morgan fingerprint density at radius 2 is 1.84 bits per heavy atom. The second-order valence-corrected chi connectivity index (χ2v) is 9.53. The van der Waals surface area contributed by atoms with E-state index in [1.54, 1.807) is 6.07 Å². The molecule has 1 aliphatic heterocycles. The minimum Gasteiger partial charge on any atom is -0.437 e. The lowest BCUT2D eigenvalue weighted by molar-refractivity contribution is -0.0788. The van der Waals surface area contributed by atoms with Gasteiger partial charge in [0.15, 0.2) is 11.6 Å².